The van der Waals surface area contributed by atoms with Crippen molar-refractivity contribution >= 4 is 23.3 Å². The molecule has 0 atom stereocenters. The molecular formula is C13H19N3O2. The molecule has 1 aromatic rings. The molecule has 18 heavy (non-hydrogen) atoms. The number of nitrogens with one attached hydrogen (secondary N) is 1. The van der Waals surface area contributed by atoms with Crippen molar-refractivity contribution in [3.8, 4) is 0 Å². The Hall–Kier alpha value is -2.04. The molecule has 1 rings (SSSR count). The summed E-state index contributed by atoms with van der Waals surface area (Å²) in [6.07, 6.45) is -0.493. The molecule has 3 N–H and O–H groups in total. The maximum Gasteiger partial charge on any atom is 0.412 e. The predicted octanol–water partition coefficient (Wildman–Crippen LogP) is 3.04. The van der Waals surface area contributed by atoms with Crippen molar-refractivity contribution in [3.05, 3.63) is 24.3 Å². The van der Waals surface area contributed by atoms with E-state index < -0.39 is 11.7 Å². The monoisotopic (exact) mass is 249 g/mol. The topological polar surface area (TPSA) is 76.7 Å². The van der Waals surface area contributed by atoms with Gasteiger partial charge in [-0.3, -0.25) is 5.32 Å². The third-order valence-corrected chi connectivity index (χ3v) is 1.80. The Morgan fingerprint density at radius 2 is 2.06 bits per heavy atom. The zero-order valence-electron chi connectivity index (χ0n) is 11.2. The quantitative estimate of drug-likeness (QED) is 0.624. The number of anilines is 1. The highest BCUT2D eigenvalue weighted by atomic mass is 16.6. The highest BCUT2D eigenvalue weighted by Crippen LogP contribution is 2.18. The Bertz CT molecular complexity index is 458. The number of hydrogen-bond donors (Lipinski definition) is 2. The molecule has 0 aliphatic carbocycles. The average molecular weight is 249 g/mol. The van der Waals surface area contributed by atoms with Gasteiger partial charge in [-0.2, -0.15) is 0 Å². The lowest BCUT2D eigenvalue weighted by Gasteiger charge is -2.19. The molecule has 1 amide bonds. The molecule has 0 bridgehead atoms. The molecule has 0 aliphatic rings. The number of hydrogen-bond acceptors (Lipinski definition) is 3. The molecule has 0 saturated heterocycles. The number of amidine groups is 1. The van der Waals surface area contributed by atoms with E-state index >= 15 is 0 Å². The van der Waals surface area contributed by atoms with Crippen LogP contribution in [0.2, 0.25) is 0 Å². The lowest BCUT2D eigenvalue weighted by Crippen LogP contribution is -2.27. The minimum Gasteiger partial charge on any atom is -0.444 e. The highest BCUT2D eigenvalue weighted by molar-refractivity contribution is 5.86. The van der Waals surface area contributed by atoms with E-state index in [0.717, 1.165) is 0 Å². The molecule has 0 aliphatic heterocycles. The van der Waals surface area contributed by atoms with E-state index in [2.05, 4.69) is 10.3 Å². The van der Waals surface area contributed by atoms with Crippen LogP contribution >= 0.6 is 0 Å². The fraction of sp³-hybridized carbons (Fsp3) is 0.385. The van der Waals surface area contributed by atoms with Gasteiger partial charge < -0.3 is 10.5 Å². The van der Waals surface area contributed by atoms with Gasteiger partial charge in [0.2, 0.25) is 0 Å². The van der Waals surface area contributed by atoms with E-state index in [-0.39, 0.29) is 0 Å². The van der Waals surface area contributed by atoms with Crippen molar-refractivity contribution in [3.63, 3.8) is 0 Å². The summed E-state index contributed by atoms with van der Waals surface area (Å²) < 4.78 is 5.15. The van der Waals surface area contributed by atoms with Gasteiger partial charge in [0.15, 0.2) is 0 Å². The summed E-state index contributed by atoms with van der Waals surface area (Å²) in [5.41, 5.74) is 6.28. The number of nitrogens with two attached hydrogens (primary N) is 1. The fourth-order valence-corrected chi connectivity index (χ4v) is 1.28. The van der Waals surface area contributed by atoms with Crippen molar-refractivity contribution in [1.82, 2.24) is 0 Å². The molecule has 0 unspecified atom stereocenters. The lowest BCUT2D eigenvalue weighted by molar-refractivity contribution is 0.0636. The van der Waals surface area contributed by atoms with Crippen LogP contribution in [0.3, 0.4) is 0 Å². The minimum atomic E-state index is -0.520. The van der Waals surface area contributed by atoms with E-state index in [1.54, 1.807) is 31.2 Å². The van der Waals surface area contributed by atoms with Crippen LogP contribution in [0.25, 0.3) is 0 Å². The Kier molecular flexibility index (Phi) is 4.31. The number of carbonyl (C=O) groups is 1. The molecular weight excluding hydrogens is 230 g/mol. The van der Waals surface area contributed by atoms with Crippen LogP contribution < -0.4 is 11.1 Å². The van der Waals surface area contributed by atoms with Crippen LogP contribution in [0, 0.1) is 0 Å². The third kappa shape index (κ3) is 5.34. The highest BCUT2D eigenvalue weighted by Gasteiger charge is 2.16. The van der Waals surface area contributed by atoms with E-state index in [1.807, 2.05) is 20.8 Å². The molecule has 0 spiro atoms. The first-order valence-corrected chi connectivity index (χ1v) is 5.67. The Morgan fingerprint density at radius 3 is 2.61 bits per heavy atom. The Morgan fingerprint density at radius 1 is 1.39 bits per heavy atom. The number of nitrogens with zero attached hydrogens (tertiary/aromatic N) is 1. The van der Waals surface area contributed by atoms with Gasteiger partial charge in [-0.05, 0) is 45.9 Å². The van der Waals surface area contributed by atoms with Crippen LogP contribution in [0.15, 0.2) is 29.3 Å². The van der Waals surface area contributed by atoms with E-state index in [0.29, 0.717) is 17.2 Å². The fourth-order valence-electron chi connectivity index (χ4n) is 1.28. The largest absolute Gasteiger partial charge is 0.444 e. The zero-order chi connectivity index (χ0) is 13.8. The second-order valence-electron chi connectivity index (χ2n) is 4.93. The molecule has 0 heterocycles. The molecule has 1 aromatic carbocycles. The Balaban J connectivity index is 2.74. The normalized spacial score (nSPS) is 12.1. The van der Waals surface area contributed by atoms with Gasteiger partial charge >= 0.3 is 6.09 Å². The van der Waals surface area contributed by atoms with Crippen LogP contribution in [0.4, 0.5) is 16.2 Å². The number of aliphatic imine (C=N–C) groups is 1. The van der Waals surface area contributed by atoms with Crippen molar-refractivity contribution in [1.29, 1.82) is 0 Å². The summed E-state index contributed by atoms with van der Waals surface area (Å²) in [5, 5.41) is 2.64. The first-order valence-electron chi connectivity index (χ1n) is 5.67. The second kappa shape index (κ2) is 5.53. The van der Waals surface area contributed by atoms with Gasteiger partial charge in [-0.25, -0.2) is 9.79 Å². The third-order valence-electron chi connectivity index (χ3n) is 1.80. The molecule has 98 valence electrons. The van der Waals surface area contributed by atoms with Crippen molar-refractivity contribution < 1.29 is 9.53 Å². The summed E-state index contributed by atoms with van der Waals surface area (Å²) in [6.45, 7) is 7.13. The summed E-state index contributed by atoms with van der Waals surface area (Å²) in [5.74, 6) is 0.462. The SMILES string of the molecule is CC(N)=Nc1cccc(NC(=O)OC(C)(C)C)c1. The van der Waals surface area contributed by atoms with Crippen LogP contribution in [-0.2, 0) is 4.74 Å². The van der Waals surface area contributed by atoms with Crippen molar-refractivity contribution in [2.45, 2.75) is 33.3 Å². The predicted molar refractivity (Wildman–Crippen MR) is 73.3 cm³/mol. The zero-order valence-corrected chi connectivity index (χ0v) is 11.2. The smallest absolute Gasteiger partial charge is 0.412 e. The number of amides is 1. The number of carbonyl (C=O) groups excluding carboxylic acids is 1. The van der Waals surface area contributed by atoms with Crippen LogP contribution in [-0.4, -0.2) is 17.5 Å². The van der Waals surface area contributed by atoms with E-state index in [9.17, 15) is 4.79 Å². The van der Waals surface area contributed by atoms with Gasteiger partial charge in [0.25, 0.3) is 0 Å². The standard InChI is InChI=1S/C13H19N3O2/c1-9(14)15-10-6-5-7-11(8-10)16-12(17)18-13(2,3)4/h5-8H,1-4H3,(H2,14,15)(H,16,17). The number of ether oxygens (including phenoxy) is 1. The second-order valence-corrected chi connectivity index (χ2v) is 4.93. The van der Waals surface area contributed by atoms with Gasteiger partial charge in [-0.1, -0.05) is 6.07 Å². The summed E-state index contributed by atoms with van der Waals surface area (Å²) in [7, 11) is 0. The van der Waals surface area contributed by atoms with Gasteiger partial charge in [0, 0.05) is 5.69 Å². The molecule has 0 fully saturated rings. The van der Waals surface area contributed by atoms with E-state index in [4.69, 9.17) is 10.5 Å². The molecule has 5 nitrogen and oxygen atoms in total. The van der Waals surface area contributed by atoms with Crippen molar-refractivity contribution in [2.75, 3.05) is 5.32 Å². The number of benzene rings is 1. The van der Waals surface area contributed by atoms with Crippen molar-refractivity contribution in [2.24, 2.45) is 10.7 Å². The lowest BCUT2D eigenvalue weighted by atomic mass is 10.2. The average Bonchev–Trinajstić information content (AvgIpc) is 2.13. The molecule has 0 radical (unpaired) electrons. The van der Waals surface area contributed by atoms with Crippen LogP contribution in [0.1, 0.15) is 27.7 Å². The number of rotatable bonds is 2. The summed E-state index contributed by atoms with van der Waals surface area (Å²) in [6, 6.07) is 7.07. The maximum atomic E-state index is 11.6. The van der Waals surface area contributed by atoms with Gasteiger partial charge in [-0.15, -0.1) is 0 Å². The molecule has 0 saturated carbocycles. The van der Waals surface area contributed by atoms with Gasteiger partial charge in [0.1, 0.15) is 5.60 Å². The first kappa shape index (κ1) is 14.0. The first-order chi connectivity index (χ1) is 8.26. The molecule has 5 heteroatoms. The molecule has 0 aromatic heterocycles. The van der Waals surface area contributed by atoms with E-state index in [1.165, 1.54) is 0 Å². The maximum absolute atomic E-state index is 11.6. The summed E-state index contributed by atoms with van der Waals surface area (Å²) >= 11 is 0. The minimum absolute atomic E-state index is 0.462. The van der Waals surface area contributed by atoms with Crippen LogP contribution in [0.5, 0.6) is 0 Å². The summed E-state index contributed by atoms with van der Waals surface area (Å²) in [4.78, 5) is 15.7. The Labute approximate surface area is 107 Å². The van der Waals surface area contributed by atoms with Gasteiger partial charge in [0.05, 0.1) is 11.5 Å².